The summed E-state index contributed by atoms with van der Waals surface area (Å²) < 4.78 is 0. The van der Waals surface area contributed by atoms with Crippen molar-refractivity contribution in [1.82, 2.24) is 5.32 Å². The van der Waals surface area contributed by atoms with Crippen LogP contribution in [0.3, 0.4) is 0 Å². The number of carbonyl (C=O) groups excluding carboxylic acids is 1. The molecule has 1 aromatic rings. The van der Waals surface area contributed by atoms with Gasteiger partial charge in [-0.1, -0.05) is 24.3 Å². The van der Waals surface area contributed by atoms with Gasteiger partial charge in [-0.2, -0.15) is 0 Å². The van der Waals surface area contributed by atoms with Crippen LogP contribution in [0.25, 0.3) is 0 Å². The van der Waals surface area contributed by atoms with Gasteiger partial charge in [-0.05, 0) is 42.7 Å². The highest BCUT2D eigenvalue weighted by Crippen LogP contribution is 2.59. The standard InChI is InChI=1S/C16H21NO3/c1-16(8-18,9-19)17-15(20)14-12-7-6-10-4-2-3-5-11(10)13(12)14/h2-5,12-14,18-19H,6-9H2,1H3,(H,17,20). The Balaban J connectivity index is 1.74. The van der Waals surface area contributed by atoms with Crippen molar-refractivity contribution in [3.63, 3.8) is 0 Å². The van der Waals surface area contributed by atoms with Gasteiger partial charge in [0.2, 0.25) is 5.91 Å². The van der Waals surface area contributed by atoms with Gasteiger partial charge in [0.25, 0.3) is 0 Å². The van der Waals surface area contributed by atoms with Crippen LogP contribution in [0.15, 0.2) is 24.3 Å². The number of carbonyl (C=O) groups is 1. The van der Waals surface area contributed by atoms with Crippen LogP contribution in [0.5, 0.6) is 0 Å². The Labute approximate surface area is 118 Å². The van der Waals surface area contributed by atoms with Gasteiger partial charge < -0.3 is 15.5 Å². The monoisotopic (exact) mass is 275 g/mol. The van der Waals surface area contributed by atoms with E-state index in [4.69, 9.17) is 0 Å². The van der Waals surface area contributed by atoms with Crippen molar-refractivity contribution < 1.29 is 15.0 Å². The van der Waals surface area contributed by atoms with Crippen LogP contribution in [-0.2, 0) is 11.2 Å². The minimum atomic E-state index is -0.928. The van der Waals surface area contributed by atoms with Crippen LogP contribution in [0.4, 0.5) is 0 Å². The average Bonchev–Trinajstić information content (AvgIpc) is 3.22. The van der Waals surface area contributed by atoms with Gasteiger partial charge in [0.05, 0.1) is 18.8 Å². The van der Waals surface area contributed by atoms with Crippen molar-refractivity contribution in [2.24, 2.45) is 11.8 Å². The lowest BCUT2D eigenvalue weighted by atomic mass is 9.92. The first kappa shape index (κ1) is 13.6. The molecule has 2 aliphatic carbocycles. The molecule has 2 aliphatic rings. The molecule has 0 bridgehead atoms. The molecule has 0 heterocycles. The van der Waals surface area contributed by atoms with Crippen molar-refractivity contribution >= 4 is 5.91 Å². The molecule has 0 saturated heterocycles. The van der Waals surface area contributed by atoms with Crippen LogP contribution >= 0.6 is 0 Å². The van der Waals surface area contributed by atoms with Crippen molar-refractivity contribution in [3.8, 4) is 0 Å². The predicted octanol–water partition coefficient (Wildman–Crippen LogP) is 0.822. The molecule has 0 radical (unpaired) electrons. The summed E-state index contributed by atoms with van der Waals surface area (Å²) in [5, 5.41) is 21.4. The summed E-state index contributed by atoms with van der Waals surface area (Å²) >= 11 is 0. The zero-order chi connectivity index (χ0) is 14.3. The maximum Gasteiger partial charge on any atom is 0.224 e. The first-order chi connectivity index (χ1) is 9.59. The van der Waals surface area contributed by atoms with Gasteiger partial charge in [0.1, 0.15) is 0 Å². The Morgan fingerprint density at radius 1 is 1.35 bits per heavy atom. The van der Waals surface area contributed by atoms with Crippen LogP contribution in [0.2, 0.25) is 0 Å². The van der Waals surface area contributed by atoms with Crippen molar-refractivity contribution in [1.29, 1.82) is 0 Å². The second-order valence-electron chi connectivity index (χ2n) is 6.32. The number of aliphatic hydroxyl groups excluding tert-OH is 2. The van der Waals surface area contributed by atoms with Gasteiger partial charge in [0.15, 0.2) is 0 Å². The highest BCUT2D eigenvalue weighted by molar-refractivity contribution is 5.84. The number of aryl methyl sites for hydroxylation is 1. The maximum absolute atomic E-state index is 12.4. The van der Waals surface area contributed by atoms with E-state index in [0.717, 1.165) is 12.8 Å². The van der Waals surface area contributed by atoms with Gasteiger partial charge >= 0.3 is 0 Å². The van der Waals surface area contributed by atoms with E-state index in [2.05, 4.69) is 17.4 Å². The molecule has 20 heavy (non-hydrogen) atoms. The SMILES string of the molecule is CC(CO)(CO)NC(=O)C1C2CCc3ccccc3C21. The lowest BCUT2D eigenvalue weighted by Crippen LogP contribution is -2.52. The molecular formula is C16H21NO3. The Kier molecular flexibility index (Phi) is 3.30. The summed E-state index contributed by atoms with van der Waals surface area (Å²) in [5.41, 5.74) is 1.73. The number of aliphatic hydroxyl groups is 2. The van der Waals surface area contributed by atoms with E-state index in [1.807, 2.05) is 12.1 Å². The number of amides is 1. The number of hydrogen-bond acceptors (Lipinski definition) is 3. The smallest absolute Gasteiger partial charge is 0.224 e. The molecule has 4 nitrogen and oxygen atoms in total. The highest BCUT2D eigenvalue weighted by atomic mass is 16.3. The minimum absolute atomic E-state index is 0.00363. The van der Waals surface area contributed by atoms with Crippen LogP contribution in [0.1, 0.15) is 30.4 Å². The third-order valence-electron chi connectivity index (χ3n) is 4.76. The number of fused-ring (bicyclic) bond motifs is 3. The predicted molar refractivity (Wildman–Crippen MR) is 75.2 cm³/mol. The summed E-state index contributed by atoms with van der Waals surface area (Å²) in [5.74, 6) is 0.700. The lowest BCUT2D eigenvalue weighted by molar-refractivity contribution is -0.125. The summed E-state index contributed by atoms with van der Waals surface area (Å²) in [6.07, 6.45) is 2.09. The molecule has 1 aromatic carbocycles. The molecule has 0 spiro atoms. The quantitative estimate of drug-likeness (QED) is 0.762. The molecule has 1 amide bonds. The number of nitrogens with one attached hydrogen (secondary N) is 1. The van der Waals surface area contributed by atoms with Crippen LogP contribution < -0.4 is 5.32 Å². The third-order valence-corrected chi connectivity index (χ3v) is 4.76. The molecule has 3 atom stereocenters. The van der Waals surface area contributed by atoms with E-state index in [0.29, 0.717) is 11.8 Å². The molecule has 0 aliphatic heterocycles. The normalized spacial score (nSPS) is 27.4. The molecule has 3 N–H and O–H groups in total. The van der Waals surface area contributed by atoms with E-state index in [1.54, 1.807) is 6.92 Å². The van der Waals surface area contributed by atoms with Gasteiger partial charge in [0, 0.05) is 5.92 Å². The Bertz CT molecular complexity index is 524. The first-order valence-electron chi connectivity index (χ1n) is 7.21. The summed E-state index contributed by atoms with van der Waals surface area (Å²) in [4.78, 5) is 12.4. The molecule has 0 aromatic heterocycles. The molecule has 3 unspecified atom stereocenters. The summed E-state index contributed by atoms with van der Waals surface area (Å²) in [6, 6.07) is 8.34. The maximum atomic E-state index is 12.4. The second-order valence-corrected chi connectivity index (χ2v) is 6.32. The van der Waals surface area contributed by atoms with E-state index < -0.39 is 5.54 Å². The third kappa shape index (κ3) is 2.13. The van der Waals surface area contributed by atoms with E-state index in [9.17, 15) is 15.0 Å². The minimum Gasteiger partial charge on any atom is -0.394 e. The Morgan fingerprint density at radius 3 is 2.75 bits per heavy atom. The average molecular weight is 275 g/mol. The fourth-order valence-electron chi connectivity index (χ4n) is 3.43. The zero-order valence-corrected chi connectivity index (χ0v) is 11.7. The fraction of sp³-hybridized carbons (Fsp3) is 0.562. The Hall–Kier alpha value is -1.39. The number of benzene rings is 1. The van der Waals surface area contributed by atoms with Gasteiger partial charge in [-0.15, -0.1) is 0 Å². The zero-order valence-electron chi connectivity index (χ0n) is 11.7. The highest BCUT2D eigenvalue weighted by Gasteiger charge is 2.57. The van der Waals surface area contributed by atoms with Crippen molar-refractivity contribution in [3.05, 3.63) is 35.4 Å². The van der Waals surface area contributed by atoms with Gasteiger partial charge in [-0.25, -0.2) is 0 Å². The van der Waals surface area contributed by atoms with Crippen molar-refractivity contribution in [2.45, 2.75) is 31.2 Å². The van der Waals surface area contributed by atoms with E-state index in [-0.39, 0.29) is 25.0 Å². The summed E-state index contributed by atoms with van der Waals surface area (Å²) in [7, 11) is 0. The van der Waals surface area contributed by atoms with Gasteiger partial charge in [-0.3, -0.25) is 4.79 Å². The number of hydrogen-bond donors (Lipinski definition) is 3. The molecule has 1 fully saturated rings. The fourth-order valence-corrected chi connectivity index (χ4v) is 3.43. The first-order valence-corrected chi connectivity index (χ1v) is 7.21. The van der Waals surface area contributed by atoms with Crippen LogP contribution in [-0.4, -0.2) is 34.9 Å². The second kappa shape index (κ2) is 4.86. The topological polar surface area (TPSA) is 69.6 Å². The molecule has 108 valence electrons. The molecule has 1 saturated carbocycles. The molecule has 3 rings (SSSR count). The van der Waals surface area contributed by atoms with Crippen LogP contribution in [0, 0.1) is 11.8 Å². The summed E-state index contributed by atoms with van der Waals surface area (Å²) in [6.45, 7) is 1.15. The van der Waals surface area contributed by atoms with E-state index in [1.165, 1.54) is 11.1 Å². The van der Waals surface area contributed by atoms with Crippen molar-refractivity contribution in [2.75, 3.05) is 13.2 Å². The molecule has 4 heteroatoms. The molecular weight excluding hydrogens is 254 g/mol. The Morgan fingerprint density at radius 2 is 2.05 bits per heavy atom. The van der Waals surface area contributed by atoms with E-state index >= 15 is 0 Å². The largest absolute Gasteiger partial charge is 0.394 e. The number of rotatable bonds is 4. The lowest BCUT2D eigenvalue weighted by Gasteiger charge is -2.26.